The molecule has 0 unspecified atom stereocenters. The van der Waals surface area contributed by atoms with Crippen LogP contribution in [0.5, 0.6) is 0 Å². The molecule has 6 heteroatoms. The van der Waals surface area contributed by atoms with E-state index in [0.29, 0.717) is 11.3 Å². The van der Waals surface area contributed by atoms with Crippen LogP contribution in [0, 0.1) is 17.6 Å². The van der Waals surface area contributed by atoms with Crippen LogP contribution in [-0.2, 0) is 20.9 Å². The van der Waals surface area contributed by atoms with Gasteiger partial charge in [0.25, 0.3) is 0 Å². The zero-order valence-electron chi connectivity index (χ0n) is 14.5. The van der Waals surface area contributed by atoms with Crippen molar-refractivity contribution in [1.82, 2.24) is 0 Å². The summed E-state index contributed by atoms with van der Waals surface area (Å²) in [5, 5.41) is 0. The minimum atomic E-state index is -0.678. The van der Waals surface area contributed by atoms with Crippen LogP contribution >= 0.6 is 0 Å². The Morgan fingerprint density at radius 3 is 2.65 bits per heavy atom. The van der Waals surface area contributed by atoms with Crippen LogP contribution in [0.15, 0.2) is 58.3 Å². The van der Waals surface area contributed by atoms with Crippen LogP contribution in [0.25, 0.3) is 0 Å². The maximum atomic E-state index is 13.4. The van der Waals surface area contributed by atoms with Crippen molar-refractivity contribution in [3.8, 4) is 0 Å². The molecule has 0 spiro atoms. The van der Waals surface area contributed by atoms with Crippen molar-refractivity contribution in [2.75, 3.05) is 6.61 Å². The molecule has 4 nitrogen and oxygen atoms in total. The molecule has 0 fully saturated rings. The Morgan fingerprint density at radius 1 is 1.23 bits per heavy atom. The molecule has 1 aliphatic carbocycles. The summed E-state index contributed by atoms with van der Waals surface area (Å²) in [5.74, 6) is -1.75. The van der Waals surface area contributed by atoms with Gasteiger partial charge in [0.1, 0.15) is 29.6 Å². The lowest BCUT2D eigenvalue weighted by atomic mass is 9.87. The van der Waals surface area contributed by atoms with Crippen LogP contribution in [0.4, 0.5) is 8.78 Å². The van der Waals surface area contributed by atoms with Crippen molar-refractivity contribution in [3.05, 3.63) is 70.5 Å². The summed E-state index contributed by atoms with van der Waals surface area (Å²) in [6, 6.07) is 3.01. The molecule has 1 aliphatic heterocycles. The lowest BCUT2D eigenvalue weighted by Gasteiger charge is -2.29. The van der Waals surface area contributed by atoms with E-state index in [9.17, 15) is 13.6 Å². The molecule has 0 aromatic heterocycles. The van der Waals surface area contributed by atoms with Gasteiger partial charge >= 0.3 is 5.97 Å². The number of carbonyl (C=O) groups excluding carboxylic acids is 1. The van der Waals surface area contributed by atoms with E-state index in [0.717, 1.165) is 11.6 Å². The summed E-state index contributed by atoms with van der Waals surface area (Å²) >= 11 is 0. The number of benzene rings is 1. The van der Waals surface area contributed by atoms with Crippen LogP contribution in [0.3, 0.4) is 0 Å². The predicted octanol–water partition coefficient (Wildman–Crippen LogP) is 3.88. The monoisotopic (exact) mass is 359 g/mol. The third-order valence-corrected chi connectivity index (χ3v) is 4.12. The Morgan fingerprint density at radius 2 is 1.96 bits per heavy atom. The highest BCUT2D eigenvalue weighted by atomic mass is 19.1. The molecular formula is C20H19F2NO3. The fourth-order valence-electron chi connectivity index (χ4n) is 2.98. The number of carbonyl (C=O) groups is 1. The third-order valence-electron chi connectivity index (χ3n) is 4.12. The van der Waals surface area contributed by atoms with E-state index < -0.39 is 17.6 Å². The average Bonchev–Trinajstić information content (AvgIpc) is 2.58. The maximum absolute atomic E-state index is 13.4. The summed E-state index contributed by atoms with van der Waals surface area (Å²) in [4.78, 5) is 16.7. The van der Waals surface area contributed by atoms with Crippen molar-refractivity contribution >= 4 is 12.2 Å². The first-order valence-electron chi connectivity index (χ1n) is 8.36. The second-order valence-electron chi connectivity index (χ2n) is 6.13. The number of fused-ring (bicyclic) bond motifs is 1. The van der Waals surface area contributed by atoms with Crippen LogP contribution in [0.1, 0.15) is 19.4 Å². The average molecular weight is 359 g/mol. The van der Waals surface area contributed by atoms with Gasteiger partial charge in [0.05, 0.1) is 18.6 Å². The molecule has 0 amide bonds. The number of ether oxygens (including phenoxy) is 2. The summed E-state index contributed by atoms with van der Waals surface area (Å²) < 4.78 is 37.7. The number of hydrogen-bond donors (Lipinski definition) is 0. The molecule has 136 valence electrons. The molecule has 2 aliphatic rings. The number of halogens is 2. The highest BCUT2D eigenvalue weighted by molar-refractivity contribution is 6.10. The van der Waals surface area contributed by atoms with Gasteiger partial charge in [-0.05, 0) is 31.5 Å². The fourth-order valence-corrected chi connectivity index (χ4v) is 2.98. The van der Waals surface area contributed by atoms with Gasteiger partial charge in [0.2, 0.25) is 0 Å². The second kappa shape index (κ2) is 7.64. The number of rotatable bonds is 5. The SMILES string of the molecule is CCOC(=O)C1=C(OCc2cc(F)cc(F)c2)[C@@H]2C=C(C)C=C[C@H]2N=C1. The first-order valence-corrected chi connectivity index (χ1v) is 8.36. The van der Waals surface area contributed by atoms with Gasteiger partial charge in [-0.15, -0.1) is 0 Å². The van der Waals surface area contributed by atoms with E-state index in [-0.39, 0.29) is 30.7 Å². The number of dihydropyridines is 1. The first-order chi connectivity index (χ1) is 12.5. The van der Waals surface area contributed by atoms with Crippen molar-refractivity contribution in [2.45, 2.75) is 26.5 Å². The molecule has 1 aromatic carbocycles. The molecule has 0 bridgehead atoms. The Labute approximate surface area is 150 Å². The van der Waals surface area contributed by atoms with Crippen LogP contribution < -0.4 is 0 Å². The lowest BCUT2D eigenvalue weighted by molar-refractivity contribution is -0.138. The zero-order valence-corrected chi connectivity index (χ0v) is 14.5. The lowest BCUT2D eigenvalue weighted by Crippen LogP contribution is -2.29. The van der Waals surface area contributed by atoms with Gasteiger partial charge in [0, 0.05) is 12.3 Å². The summed E-state index contributed by atoms with van der Waals surface area (Å²) in [6.07, 6.45) is 7.29. The smallest absolute Gasteiger partial charge is 0.343 e. The molecule has 1 heterocycles. The van der Waals surface area contributed by atoms with Crippen molar-refractivity contribution in [2.24, 2.45) is 10.9 Å². The predicted molar refractivity (Wildman–Crippen MR) is 93.5 cm³/mol. The largest absolute Gasteiger partial charge is 0.492 e. The number of nitrogens with zero attached hydrogens (tertiary/aromatic N) is 1. The molecule has 26 heavy (non-hydrogen) atoms. The Hall–Kier alpha value is -2.76. The quantitative estimate of drug-likeness (QED) is 0.750. The van der Waals surface area contributed by atoms with Gasteiger partial charge in [-0.3, -0.25) is 4.99 Å². The third kappa shape index (κ3) is 3.90. The summed E-state index contributed by atoms with van der Waals surface area (Å²) in [6.45, 7) is 3.81. The second-order valence-corrected chi connectivity index (χ2v) is 6.13. The van der Waals surface area contributed by atoms with Crippen LogP contribution in [0.2, 0.25) is 0 Å². The molecule has 0 N–H and O–H groups in total. The van der Waals surface area contributed by atoms with Crippen LogP contribution in [-0.4, -0.2) is 24.8 Å². The Balaban J connectivity index is 1.91. The minimum absolute atomic E-state index is 0.0689. The first kappa shape index (κ1) is 18.0. The van der Waals surface area contributed by atoms with E-state index in [1.54, 1.807) is 6.92 Å². The molecule has 0 saturated carbocycles. The normalized spacial score (nSPS) is 21.3. The number of aliphatic imine (C=N–C) groups is 1. The van der Waals surface area contributed by atoms with E-state index in [4.69, 9.17) is 9.47 Å². The topological polar surface area (TPSA) is 47.9 Å². The van der Waals surface area contributed by atoms with Gasteiger partial charge < -0.3 is 9.47 Å². The highest BCUT2D eigenvalue weighted by Gasteiger charge is 2.33. The standard InChI is InChI=1S/C20H19F2NO3/c1-3-25-20(24)17-10-23-18-5-4-12(2)6-16(18)19(17)26-11-13-7-14(21)9-15(22)8-13/h4-10,16,18H,3,11H2,1-2H3/t16-,18-/m1/s1. The molecule has 1 aromatic rings. The number of esters is 1. The Bertz CT molecular complexity index is 819. The van der Waals surface area contributed by atoms with E-state index in [1.165, 1.54) is 18.3 Å². The van der Waals surface area contributed by atoms with E-state index in [1.807, 2.05) is 25.2 Å². The molecular weight excluding hydrogens is 340 g/mol. The van der Waals surface area contributed by atoms with Gasteiger partial charge in [-0.25, -0.2) is 13.6 Å². The van der Waals surface area contributed by atoms with E-state index in [2.05, 4.69) is 4.99 Å². The fraction of sp³-hybridized carbons (Fsp3) is 0.300. The van der Waals surface area contributed by atoms with Crippen molar-refractivity contribution in [3.63, 3.8) is 0 Å². The van der Waals surface area contributed by atoms with Gasteiger partial charge in [-0.1, -0.05) is 23.8 Å². The number of hydrogen-bond acceptors (Lipinski definition) is 4. The van der Waals surface area contributed by atoms with Gasteiger partial charge in [-0.2, -0.15) is 0 Å². The zero-order chi connectivity index (χ0) is 18.7. The highest BCUT2D eigenvalue weighted by Crippen LogP contribution is 2.33. The Kier molecular flexibility index (Phi) is 5.30. The van der Waals surface area contributed by atoms with Crippen molar-refractivity contribution in [1.29, 1.82) is 0 Å². The maximum Gasteiger partial charge on any atom is 0.343 e. The molecule has 0 saturated heterocycles. The number of allylic oxidation sites excluding steroid dienone is 2. The molecule has 0 radical (unpaired) electrons. The molecule has 2 atom stereocenters. The van der Waals surface area contributed by atoms with Crippen molar-refractivity contribution < 1.29 is 23.0 Å². The van der Waals surface area contributed by atoms with E-state index >= 15 is 0 Å². The van der Waals surface area contributed by atoms with Gasteiger partial charge in [0.15, 0.2) is 0 Å². The summed E-state index contributed by atoms with van der Waals surface area (Å²) in [5.41, 5.74) is 1.58. The minimum Gasteiger partial charge on any atom is -0.492 e. The summed E-state index contributed by atoms with van der Waals surface area (Å²) in [7, 11) is 0. The molecule has 3 rings (SSSR count).